The second-order valence-corrected chi connectivity index (χ2v) is 18.8. The number of nitrogen functional groups attached to an aromatic ring is 2. The van der Waals surface area contributed by atoms with Gasteiger partial charge >= 0.3 is 11.4 Å². The lowest BCUT2D eigenvalue weighted by Gasteiger charge is -2.34. The number of nitro groups is 2. The Morgan fingerprint density at radius 2 is 0.610 bits per heavy atom. The van der Waals surface area contributed by atoms with Crippen molar-refractivity contribution in [3.8, 4) is 0 Å². The summed E-state index contributed by atoms with van der Waals surface area (Å²) >= 11 is 0. The first-order valence-electron chi connectivity index (χ1n) is 24.9. The molecule has 4 N–H and O–H groups in total. The maximum Gasteiger partial charge on any atom is 0.305 e. The Balaban J connectivity index is 0.000000221. The molecule has 77 heavy (non-hydrogen) atoms. The number of carbonyl (C=O) groups excluding carboxylic acids is 4. The summed E-state index contributed by atoms with van der Waals surface area (Å²) in [5.74, 6) is -1.93. The molecular formula is C52H69ClF4N12O8. The quantitative estimate of drug-likeness (QED) is 0.0882. The summed E-state index contributed by atoms with van der Waals surface area (Å²) in [7, 11) is 0. The Labute approximate surface area is 451 Å². The number of amides is 4. The van der Waals surface area contributed by atoms with Crippen LogP contribution in [0.15, 0.2) is 72.8 Å². The van der Waals surface area contributed by atoms with Crippen molar-refractivity contribution < 1.29 is 46.6 Å². The Kier molecular flexibility index (Phi) is 24.4. The average molecular weight is 1100 g/mol. The van der Waals surface area contributed by atoms with Gasteiger partial charge in [0.05, 0.1) is 21.2 Å². The maximum absolute atomic E-state index is 14.0. The number of nitro benzene ring substituents is 2. The van der Waals surface area contributed by atoms with E-state index in [9.17, 15) is 57.0 Å². The van der Waals surface area contributed by atoms with Gasteiger partial charge in [-0.05, 0) is 12.1 Å². The summed E-state index contributed by atoms with van der Waals surface area (Å²) in [5.41, 5.74) is 12.3. The van der Waals surface area contributed by atoms with E-state index in [1.165, 1.54) is 26.0 Å². The minimum atomic E-state index is -0.772. The topological polar surface area (TPSA) is 233 Å². The normalized spacial score (nSPS) is 16.3. The van der Waals surface area contributed by atoms with Gasteiger partial charge in [-0.25, -0.2) is 8.78 Å². The Morgan fingerprint density at radius 3 is 0.818 bits per heavy atom. The van der Waals surface area contributed by atoms with Crippen LogP contribution in [0.4, 0.5) is 40.3 Å². The molecule has 4 aliphatic rings. The molecule has 25 heteroatoms. The molecule has 0 saturated carbocycles. The van der Waals surface area contributed by atoms with Gasteiger partial charge in [-0.15, -0.1) is 12.4 Å². The monoisotopic (exact) mass is 1100 g/mol. The molecule has 4 aliphatic heterocycles. The molecule has 20 nitrogen and oxygen atoms in total. The molecule has 0 spiro atoms. The molecular weight excluding hydrogens is 1030 g/mol. The fourth-order valence-corrected chi connectivity index (χ4v) is 8.95. The molecule has 8 rings (SSSR count). The largest absolute Gasteiger partial charge is 0.396 e. The number of rotatable bonds is 10. The highest BCUT2D eigenvalue weighted by atomic mass is 35.5. The molecule has 0 aromatic heterocycles. The molecule has 0 bridgehead atoms. The lowest BCUT2D eigenvalue weighted by molar-refractivity contribution is -0.387. The molecule has 4 aromatic carbocycles. The van der Waals surface area contributed by atoms with Crippen molar-refractivity contribution in [2.75, 3.05) is 116 Å². The van der Waals surface area contributed by atoms with E-state index in [4.69, 9.17) is 11.5 Å². The van der Waals surface area contributed by atoms with Gasteiger partial charge in [0.1, 0.15) is 0 Å². The van der Waals surface area contributed by atoms with Gasteiger partial charge in [-0.3, -0.25) is 59.0 Å². The van der Waals surface area contributed by atoms with Crippen LogP contribution >= 0.6 is 12.4 Å². The minimum Gasteiger partial charge on any atom is -0.396 e. The van der Waals surface area contributed by atoms with Gasteiger partial charge in [-0.2, -0.15) is 8.78 Å². The summed E-state index contributed by atoms with van der Waals surface area (Å²) in [4.78, 5) is 80.1. The summed E-state index contributed by atoms with van der Waals surface area (Å²) in [6.45, 7) is 18.8. The van der Waals surface area contributed by atoms with Crippen molar-refractivity contribution in [3.05, 3.63) is 139 Å². The number of benzene rings is 4. The highest BCUT2D eigenvalue weighted by Gasteiger charge is 2.26. The first kappa shape index (κ1) is 62.5. The number of carbonyl (C=O) groups is 4. The average Bonchev–Trinajstić information content (AvgIpc) is 3.39. The van der Waals surface area contributed by atoms with Crippen LogP contribution in [-0.2, 0) is 45.4 Å². The van der Waals surface area contributed by atoms with Crippen molar-refractivity contribution >= 4 is 58.8 Å². The number of hydrogen-bond acceptors (Lipinski definition) is 14. The van der Waals surface area contributed by atoms with Gasteiger partial charge in [-0.1, -0.05) is 48.5 Å². The van der Waals surface area contributed by atoms with Crippen LogP contribution in [0, 0.1) is 43.5 Å². The van der Waals surface area contributed by atoms with Crippen LogP contribution in [-0.4, -0.2) is 177 Å². The third-order valence-corrected chi connectivity index (χ3v) is 13.6. The second-order valence-electron chi connectivity index (χ2n) is 18.8. The highest BCUT2D eigenvalue weighted by molar-refractivity contribution is 5.85. The van der Waals surface area contributed by atoms with Crippen LogP contribution in [0.25, 0.3) is 0 Å². The van der Waals surface area contributed by atoms with E-state index < -0.39 is 32.9 Å². The van der Waals surface area contributed by atoms with Crippen molar-refractivity contribution in [3.63, 3.8) is 0 Å². The Morgan fingerprint density at radius 1 is 0.403 bits per heavy atom. The van der Waals surface area contributed by atoms with E-state index in [1.807, 2.05) is 19.6 Å². The minimum absolute atomic E-state index is 0. The third kappa shape index (κ3) is 18.6. The zero-order valence-electron chi connectivity index (χ0n) is 43.9. The lowest BCUT2D eigenvalue weighted by atomic mass is 10.1. The zero-order valence-corrected chi connectivity index (χ0v) is 44.7. The van der Waals surface area contributed by atoms with Crippen molar-refractivity contribution in [1.82, 2.24) is 39.2 Å². The van der Waals surface area contributed by atoms with Crippen LogP contribution in [0.2, 0.25) is 0 Å². The highest BCUT2D eigenvalue weighted by Crippen LogP contribution is 2.24. The molecule has 4 heterocycles. The summed E-state index contributed by atoms with van der Waals surface area (Å²) in [5, 5.41) is 21.4. The van der Waals surface area contributed by atoms with Crippen LogP contribution < -0.4 is 11.5 Å². The van der Waals surface area contributed by atoms with Crippen molar-refractivity contribution in [2.45, 2.75) is 53.9 Å². The summed E-state index contributed by atoms with van der Waals surface area (Å²) in [6, 6.07) is 18.6. The van der Waals surface area contributed by atoms with E-state index in [-0.39, 0.29) is 59.0 Å². The molecule has 0 unspecified atom stereocenters. The standard InChI is InChI=1S/2C13H16FN3O3.2C13H18FN3O.ClH/c2*1-10(18)16-7-5-15(6-8-16)9-11-3-2-4-12(13(11)14)17(19)20;2*1-10(18)17-7-5-16(6-8-17)9-11-3-2-4-12(15)13(11)14;/h2*2-4H,5-9H2,1H3;2*2-4H,5-9,15H2,1H3;1H. The number of hydrogen-bond donors (Lipinski definition) is 2. The number of anilines is 2. The molecule has 0 atom stereocenters. The van der Waals surface area contributed by atoms with Gasteiger partial charge in [0.2, 0.25) is 35.3 Å². The van der Waals surface area contributed by atoms with Crippen LogP contribution in [0.3, 0.4) is 0 Å². The molecule has 0 radical (unpaired) electrons. The molecule has 4 saturated heterocycles. The molecule has 0 aliphatic carbocycles. The smallest absolute Gasteiger partial charge is 0.305 e. The number of nitrogens with zero attached hydrogens (tertiary/aromatic N) is 10. The van der Waals surface area contributed by atoms with Crippen molar-refractivity contribution in [2.24, 2.45) is 0 Å². The number of piperazine rings is 4. The summed E-state index contributed by atoms with van der Waals surface area (Å²) in [6.07, 6.45) is 0. The first-order valence-corrected chi connectivity index (χ1v) is 24.9. The predicted octanol–water partition coefficient (Wildman–Crippen LogP) is 5.36. The van der Waals surface area contributed by atoms with Crippen LogP contribution in [0.1, 0.15) is 49.9 Å². The predicted molar refractivity (Wildman–Crippen MR) is 285 cm³/mol. The first-order chi connectivity index (χ1) is 36.1. The molecule has 420 valence electrons. The third-order valence-electron chi connectivity index (χ3n) is 13.6. The van der Waals surface area contributed by atoms with Gasteiger partial charge in [0, 0.05) is 193 Å². The van der Waals surface area contributed by atoms with Crippen LogP contribution in [0.5, 0.6) is 0 Å². The van der Waals surface area contributed by atoms with Gasteiger partial charge in [0.25, 0.3) is 0 Å². The summed E-state index contributed by atoms with van der Waals surface area (Å²) < 4.78 is 55.4. The lowest BCUT2D eigenvalue weighted by Crippen LogP contribution is -2.47. The van der Waals surface area contributed by atoms with Crippen molar-refractivity contribution in [1.29, 1.82) is 0 Å². The van der Waals surface area contributed by atoms with E-state index in [0.29, 0.717) is 127 Å². The fraction of sp³-hybridized carbons (Fsp3) is 0.462. The second kappa shape index (κ2) is 30.1. The number of nitrogens with two attached hydrogens (primary N) is 2. The zero-order chi connectivity index (χ0) is 55.6. The van der Waals surface area contributed by atoms with E-state index in [1.54, 1.807) is 72.2 Å². The Bertz CT molecular complexity index is 2480. The maximum atomic E-state index is 14.0. The van der Waals surface area contributed by atoms with E-state index in [0.717, 1.165) is 38.3 Å². The van der Waals surface area contributed by atoms with Gasteiger partial charge in [0.15, 0.2) is 11.6 Å². The SMILES string of the molecule is CC(=O)N1CCN(Cc2cccc(N)c2F)CC1.CC(=O)N1CCN(Cc2cccc(N)c2F)CC1.CC(=O)N1CCN(Cc2cccc([N+](=O)[O-])c2F)CC1.CC(=O)N1CCN(Cc2cccc([N+](=O)[O-])c2F)CC1.Cl. The molecule has 4 amide bonds. The Hall–Kier alpha value is -6.99. The fourth-order valence-electron chi connectivity index (χ4n) is 8.95. The van der Waals surface area contributed by atoms with E-state index >= 15 is 0 Å². The molecule has 4 fully saturated rings. The molecule has 4 aromatic rings. The van der Waals surface area contributed by atoms with Gasteiger partial charge < -0.3 is 31.1 Å². The number of halogens is 5. The van der Waals surface area contributed by atoms with E-state index in [2.05, 4.69) is 9.80 Å².